The van der Waals surface area contributed by atoms with Crippen molar-refractivity contribution in [2.45, 2.75) is 91.0 Å². The third kappa shape index (κ3) is 11.2. The van der Waals surface area contributed by atoms with Gasteiger partial charge in [-0.05, 0) is 100 Å². The van der Waals surface area contributed by atoms with E-state index in [-0.39, 0.29) is 29.8 Å². The monoisotopic (exact) mass is 787 g/mol. The van der Waals surface area contributed by atoms with Crippen LogP contribution in [-0.2, 0) is 27.2 Å². The molecule has 0 saturated carbocycles. The van der Waals surface area contributed by atoms with Crippen LogP contribution >= 0.6 is 11.6 Å². The first kappa shape index (κ1) is 42.0. The number of fused-ring (bicyclic) bond motifs is 1. The molecular formula is C43H51ClFN5O6. The maximum absolute atomic E-state index is 15.5. The number of methoxy groups -OCH3 is 1. The lowest BCUT2D eigenvalue weighted by Crippen LogP contribution is -2.41. The van der Waals surface area contributed by atoms with Crippen molar-refractivity contribution >= 4 is 34.8 Å². The van der Waals surface area contributed by atoms with E-state index >= 15 is 4.39 Å². The average Bonchev–Trinajstić information content (AvgIpc) is 3.57. The van der Waals surface area contributed by atoms with Gasteiger partial charge in [0.1, 0.15) is 17.9 Å². The van der Waals surface area contributed by atoms with Crippen molar-refractivity contribution in [1.29, 1.82) is 0 Å². The molecule has 2 amide bonds. The first-order chi connectivity index (χ1) is 26.8. The molecule has 2 aromatic heterocycles. The number of aryl methyl sites for hydroxylation is 1. The number of nitrogens with zero attached hydrogens (tertiary/aromatic N) is 3. The van der Waals surface area contributed by atoms with Gasteiger partial charge in [0.15, 0.2) is 5.82 Å². The maximum atomic E-state index is 15.5. The van der Waals surface area contributed by atoms with Crippen molar-refractivity contribution in [2.75, 3.05) is 20.3 Å². The highest BCUT2D eigenvalue weighted by molar-refractivity contribution is 6.31. The molecule has 0 saturated heterocycles. The van der Waals surface area contributed by atoms with Crippen LogP contribution in [0.4, 0.5) is 14.0 Å². The summed E-state index contributed by atoms with van der Waals surface area (Å²) in [6.45, 7) is 10.4. The number of carbonyl (C=O) groups excluding carboxylic acids is 2. The smallest absolute Gasteiger partial charge is 0.410 e. The van der Waals surface area contributed by atoms with Crippen LogP contribution in [0.2, 0.25) is 5.02 Å². The number of aromatic amines is 1. The molecule has 298 valence electrons. The van der Waals surface area contributed by atoms with E-state index in [0.29, 0.717) is 48.2 Å². The van der Waals surface area contributed by atoms with Crippen LogP contribution < -0.4 is 11.0 Å². The van der Waals surface area contributed by atoms with Gasteiger partial charge in [-0.2, -0.15) is 4.98 Å². The van der Waals surface area contributed by atoms with Crippen molar-refractivity contribution in [2.24, 2.45) is 0 Å². The third-order valence-corrected chi connectivity index (χ3v) is 9.48. The Hall–Kier alpha value is -5.20. The molecule has 0 bridgehead atoms. The topological polar surface area (TPSA) is 128 Å². The molecule has 2 heterocycles. The number of benzene rings is 3. The Morgan fingerprint density at radius 2 is 1.77 bits per heavy atom. The minimum atomic E-state index is -0.658. The molecule has 56 heavy (non-hydrogen) atoms. The number of unbranched alkanes of at least 4 members (excludes halogenated alkanes) is 1. The van der Waals surface area contributed by atoms with Gasteiger partial charge in [-0.25, -0.2) is 18.8 Å². The number of carbonyl (C=O) groups is 2. The Morgan fingerprint density at radius 1 is 1.04 bits per heavy atom. The highest BCUT2D eigenvalue weighted by Gasteiger charge is 2.29. The van der Waals surface area contributed by atoms with E-state index < -0.39 is 35.3 Å². The lowest BCUT2D eigenvalue weighted by Gasteiger charge is -2.33. The Balaban J connectivity index is 1.29. The van der Waals surface area contributed by atoms with Gasteiger partial charge in [-0.1, -0.05) is 67.4 Å². The van der Waals surface area contributed by atoms with E-state index in [1.807, 2.05) is 70.2 Å². The molecule has 5 aromatic rings. The summed E-state index contributed by atoms with van der Waals surface area (Å²) in [7, 11) is 1.59. The number of rotatable bonds is 16. The minimum absolute atomic E-state index is 0.0221. The number of alkyl carbamates (subject to hydrolysis) is 1. The summed E-state index contributed by atoms with van der Waals surface area (Å²) < 4.78 is 33.5. The molecule has 11 nitrogen and oxygen atoms in total. The number of hydrogen-bond donors (Lipinski definition) is 2. The normalized spacial score (nSPS) is 12.6. The molecule has 0 radical (unpaired) electrons. The molecular weight excluding hydrogens is 737 g/mol. The van der Waals surface area contributed by atoms with E-state index in [1.54, 1.807) is 48.5 Å². The Kier molecular flexibility index (Phi) is 14.3. The molecule has 3 aromatic carbocycles. The van der Waals surface area contributed by atoms with Crippen molar-refractivity contribution in [3.8, 4) is 16.9 Å². The van der Waals surface area contributed by atoms with Crippen molar-refractivity contribution in [3.63, 3.8) is 0 Å². The number of halogens is 2. The van der Waals surface area contributed by atoms with Crippen LogP contribution in [-0.4, -0.2) is 63.5 Å². The van der Waals surface area contributed by atoms with Crippen LogP contribution in [0.15, 0.2) is 83.8 Å². The molecule has 2 atom stereocenters. The quantitative estimate of drug-likeness (QED) is 0.102. The predicted octanol–water partition coefficient (Wildman–Crippen LogP) is 9.54. The molecule has 5 rings (SSSR count). The molecule has 0 aliphatic rings. The fourth-order valence-corrected chi connectivity index (χ4v) is 6.61. The largest absolute Gasteiger partial charge is 0.445 e. The van der Waals surface area contributed by atoms with Crippen LogP contribution in [0.5, 0.6) is 0 Å². The third-order valence-electron chi connectivity index (χ3n) is 9.20. The first-order valence-electron chi connectivity index (χ1n) is 18.9. The predicted molar refractivity (Wildman–Crippen MR) is 217 cm³/mol. The van der Waals surface area contributed by atoms with Crippen LogP contribution in [0, 0.1) is 5.82 Å². The zero-order chi connectivity index (χ0) is 40.4. The maximum Gasteiger partial charge on any atom is 0.410 e. The number of amides is 2. The summed E-state index contributed by atoms with van der Waals surface area (Å²) in [6, 6.07) is 21.3. The Bertz CT molecular complexity index is 2150. The molecule has 0 spiro atoms. The van der Waals surface area contributed by atoms with Gasteiger partial charge >= 0.3 is 17.9 Å². The molecule has 0 unspecified atom stereocenters. The zero-order valence-electron chi connectivity index (χ0n) is 32.9. The van der Waals surface area contributed by atoms with E-state index in [9.17, 15) is 14.4 Å². The second-order valence-electron chi connectivity index (χ2n) is 14.9. The summed E-state index contributed by atoms with van der Waals surface area (Å²) in [5, 5.41) is 3.43. The summed E-state index contributed by atoms with van der Waals surface area (Å²) in [5.74, 6) is -0.589. The molecule has 13 heteroatoms. The minimum Gasteiger partial charge on any atom is -0.445 e. The Labute approximate surface area is 332 Å². The summed E-state index contributed by atoms with van der Waals surface area (Å²) >= 11 is 6.37. The SMILES string of the molecule is CCCCN(C(=O)OC(C)(C)C)[C@H](COC)c1ccc(-n2cc3cc(-c4cc(CCC[C@H](C)NC(=O)OCc5ccccc5)cc(Cl)c4F)[nH]c3nc2=O)cc1. The number of nitrogens with one attached hydrogen (secondary N) is 2. The highest BCUT2D eigenvalue weighted by atomic mass is 35.5. The number of hydrogen-bond acceptors (Lipinski definition) is 7. The fraction of sp³-hybridized carbons (Fsp3) is 0.395. The average molecular weight is 788 g/mol. The zero-order valence-corrected chi connectivity index (χ0v) is 33.6. The highest BCUT2D eigenvalue weighted by Crippen LogP contribution is 2.32. The van der Waals surface area contributed by atoms with Crippen molar-refractivity contribution in [1.82, 2.24) is 24.8 Å². The molecule has 0 aliphatic carbocycles. The van der Waals surface area contributed by atoms with Gasteiger partial charge in [0.2, 0.25) is 0 Å². The van der Waals surface area contributed by atoms with E-state index in [2.05, 4.69) is 22.2 Å². The van der Waals surface area contributed by atoms with Gasteiger partial charge in [-0.15, -0.1) is 0 Å². The lowest BCUT2D eigenvalue weighted by atomic mass is 10.0. The van der Waals surface area contributed by atoms with Gasteiger partial charge in [0.05, 0.1) is 29.1 Å². The molecule has 0 aliphatic heterocycles. The van der Waals surface area contributed by atoms with Gasteiger partial charge in [-0.3, -0.25) is 9.47 Å². The first-order valence-corrected chi connectivity index (χ1v) is 19.3. The fourth-order valence-electron chi connectivity index (χ4n) is 6.36. The van der Waals surface area contributed by atoms with E-state index in [0.717, 1.165) is 29.5 Å². The van der Waals surface area contributed by atoms with Crippen LogP contribution in [0.3, 0.4) is 0 Å². The summed E-state index contributed by atoms with van der Waals surface area (Å²) in [5.41, 5.74) is 2.92. The van der Waals surface area contributed by atoms with Gasteiger partial charge < -0.3 is 24.5 Å². The van der Waals surface area contributed by atoms with Crippen LogP contribution in [0.1, 0.15) is 83.0 Å². The number of H-pyrrole nitrogens is 1. The van der Waals surface area contributed by atoms with E-state index in [1.165, 1.54) is 4.57 Å². The standard InChI is InChI=1S/C43H51ClFN5O6/c1-7-8-21-49(42(53)56-43(3,4)5)37(27-54-6)31-17-19-33(20-18-31)50-25-32-24-36(47-39(32)48-40(50)51)34-22-30(23-35(44)38(34)45)16-12-13-28(2)46-41(52)55-26-29-14-10-9-11-15-29/h9-11,14-15,17-20,22-25,28,37H,7-8,12-13,16,21,26-27H2,1-6H3,(H,46,52)(H,47,48,51)/t28-,37+/m0/s1. The van der Waals surface area contributed by atoms with Crippen molar-refractivity contribution < 1.29 is 28.2 Å². The summed E-state index contributed by atoms with van der Waals surface area (Å²) in [6.07, 6.45) is 4.41. The lowest BCUT2D eigenvalue weighted by molar-refractivity contribution is 0.00497. The number of aromatic nitrogens is 3. The molecule has 0 fully saturated rings. The number of ether oxygens (including phenoxy) is 3. The molecule has 2 N–H and O–H groups in total. The van der Waals surface area contributed by atoms with Gasteiger partial charge in [0.25, 0.3) is 0 Å². The Morgan fingerprint density at radius 3 is 2.45 bits per heavy atom. The summed E-state index contributed by atoms with van der Waals surface area (Å²) in [4.78, 5) is 47.9. The second-order valence-corrected chi connectivity index (χ2v) is 15.3. The van der Waals surface area contributed by atoms with E-state index in [4.69, 9.17) is 25.8 Å². The van der Waals surface area contributed by atoms with Gasteiger partial charge in [0, 0.05) is 36.8 Å². The van der Waals surface area contributed by atoms with Crippen molar-refractivity contribution in [3.05, 3.63) is 117 Å². The second kappa shape index (κ2) is 19.1. The van der Waals surface area contributed by atoms with Crippen LogP contribution in [0.25, 0.3) is 28.0 Å².